The van der Waals surface area contributed by atoms with E-state index >= 15 is 0 Å². The van der Waals surface area contributed by atoms with Crippen molar-refractivity contribution in [2.45, 2.75) is 98.8 Å². The second-order valence-corrected chi connectivity index (χ2v) is 12.3. The molecule has 0 amide bonds. The molecule has 0 aliphatic rings. The maximum atomic E-state index is 11.2. The summed E-state index contributed by atoms with van der Waals surface area (Å²) in [5.74, 6) is 4.42. The molecule has 50 heavy (non-hydrogen) atoms. The van der Waals surface area contributed by atoms with Crippen molar-refractivity contribution >= 4 is 0 Å². The molecule has 0 aliphatic carbocycles. The molecule has 1 aromatic heterocycles. The number of rotatable bonds is 23. The lowest BCUT2D eigenvalue weighted by Gasteiger charge is -2.16. The number of nitrogens with zero attached hydrogens (tertiary/aromatic N) is 3. The highest BCUT2D eigenvalue weighted by Crippen LogP contribution is 2.38. The number of aromatic hydroxyl groups is 1. The number of phenolic OH excluding ortho intramolecular Hbond substituents is 1. The van der Waals surface area contributed by atoms with Crippen molar-refractivity contribution in [3.05, 3.63) is 54.6 Å². The molecule has 0 atom stereocenters. The van der Waals surface area contributed by atoms with E-state index in [1.807, 2.05) is 42.5 Å². The maximum Gasteiger partial charge on any atom is 0.167 e. The van der Waals surface area contributed by atoms with Gasteiger partial charge in [-0.2, -0.15) is 0 Å². The van der Waals surface area contributed by atoms with Gasteiger partial charge in [-0.15, -0.1) is 0 Å². The molecule has 4 rings (SSSR count). The van der Waals surface area contributed by atoms with Crippen LogP contribution in [0.25, 0.3) is 34.2 Å². The van der Waals surface area contributed by atoms with Crippen LogP contribution in [0.15, 0.2) is 54.6 Å². The predicted octanol–water partition coefficient (Wildman–Crippen LogP) is 10.5. The molecule has 0 bridgehead atoms. The molecule has 0 aliphatic heterocycles. The highest BCUT2D eigenvalue weighted by molar-refractivity contribution is 5.75. The number of ether oxygens (including phenoxy) is 5. The molecule has 9 heteroatoms. The summed E-state index contributed by atoms with van der Waals surface area (Å²) in [6, 6.07) is 16.7. The number of phenols is 1. The Kier molecular flexibility index (Phi) is 16.0. The zero-order chi connectivity index (χ0) is 35.6. The topological polar surface area (TPSA) is 105 Å². The van der Waals surface area contributed by atoms with Gasteiger partial charge in [-0.25, -0.2) is 15.0 Å². The number of hydrogen-bond donors (Lipinski definition) is 1. The first-order chi connectivity index (χ1) is 24.5. The van der Waals surface area contributed by atoms with Crippen molar-refractivity contribution in [1.29, 1.82) is 0 Å². The molecular formula is C41H55N3O6. The van der Waals surface area contributed by atoms with Crippen molar-refractivity contribution in [2.75, 3.05) is 33.0 Å². The molecular weight excluding hydrogens is 630 g/mol. The van der Waals surface area contributed by atoms with Gasteiger partial charge in [-0.1, -0.05) is 66.7 Å². The quantitative estimate of drug-likeness (QED) is 0.0764. The number of unbranched alkanes of at least 4 members (excludes halogenated alkanes) is 5. The van der Waals surface area contributed by atoms with E-state index in [1.54, 1.807) is 12.1 Å². The molecule has 0 unspecified atom stereocenters. The normalized spacial score (nSPS) is 11.0. The molecule has 0 radical (unpaired) electrons. The number of benzene rings is 3. The van der Waals surface area contributed by atoms with E-state index in [-0.39, 0.29) is 5.75 Å². The third-order valence-corrected chi connectivity index (χ3v) is 8.04. The molecule has 1 N–H and O–H groups in total. The fourth-order valence-corrected chi connectivity index (χ4v) is 4.98. The van der Waals surface area contributed by atoms with E-state index in [1.165, 1.54) is 0 Å². The molecule has 0 spiro atoms. The SMILES string of the molecule is CCCCOc1ccc(-c2nc(-c3ccc(OCCCC)cc3OCCCC)nc(-c3ccc(OCCCC)cc3OCCCC)n2)c(O)c1. The summed E-state index contributed by atoms with van der Waals surface area (Å²) in [6.45, 7) is 13.6. The third kappa shape index (κ3) is 11.3. The van der Waals surface area contributed by atoms with Gasteiger partial charge in [0.15, 0.2) is 17.5 Å². The molecule has 1 heterocycles. The summed E-state index contributed by atoms with van der Waals surface area (Å²) in [7, 11) is 0. The second-order valence-electron chi connectivity index (χ2n) is 12.3. The summed E-state index contributed by atoms with van der Waals surface area (Å²) in [5.41, 5.74) is 1.85. The Bertz CT molecular complexity index is 1530. The molecule has 0 saturated carbocycles. The summed E-state index contributed by atoms with van der Waals surface area (Å²) < 4.78 is 30.6. The number of aromatic nitrogens is 3. The summed E-state index contributed by atoms with van der Waals surface area (Å²) in [6.07, 6.45) is 9.77. The highest BCUT2D eigenvalue weighted by Gasteiger charge is 2.21. The van der Waals surface area contributed by atoms with Crippen molar-refractivity contribution in [1.82, 2.24) is 15.0 Å². The summed E-state index contributed by atoms with van der Waals surface area (Å²) in [4.78, 5) is 14.9. The standard InChI is InChI=1S/C41H55N3O6/c1-6-11-22-46-30-16-19-33(36(45)27-30)39-42-40(34-20-17-31(47-23-12-7-2)28-37(34)49-25-14-9-4)44-41(43-39)35-21-18-32(48-24-13-8-3)29-38(35)50-26-15-10-5/h16-21,27-29,45H,6-15,22-26H2,1-5H3. The third-order valence-electron chi connectivity index (χ3n) is 8.04. The Morgan fingerprint density at radius 1 is 0.420 bits per heavy atom. The average molecular weight is 686 g/mol. The first-order valence-electron chi connectivity index (χ1n) is 18.5. The van der Waals surface area contributed by atoms with E-state index in [2.05, 4.69) is 34.6 Å². The minimum absolute atomic E-state index is 0.0141. The van der Waals surface area contributed by atoms with Crippen molar-refractivity contribution in [3.8, 4) is 68.7 Å². The lowest BCUT2D eigenvalue weighted by Crippen LogP contribution is -2.06. The number of hydrogen-bond acceptors (Lipinski definition) is 9. The summed E-state index contributed by atoms with van der Waals surface area (Å²) in [5, 5.41) is 11.2. The van der Waals surface area contributed by atoms with Crippen LogP contribution in [0.5, 0.6) is 34.5 Å². The van der Waals surface area contributed by atoms with Gasteiger partial charge in [0.1, 0.15) is 34.5 Å². The Labute approximate surface area is 298 Å². The van der Waals surface area contributed by atoms with Crippen LogP contribution >= 0.6 is 0 Å². The van der Waals surface area contributed by atoms with Gasteiger partial charge in [0.2, 0.25) is 0 Å². The monoisotopic (exact) mass is 685 g/mol. The van der Waals surface area contributed by atoms with Crippen LogP contribution in [0.2, 0.25) is 0 Å². The van der Waals surface area contributed by atoms with Gasteiger partial charge in [0.05, 0.1) is 49.7 Å². The van der Waals surface area contributed by atoms with E-state index in [0.29, 0.717) is 84.4 Å². The predicted molar refractivity (Wildman–Crippen MR) is 200 cm³/mol. The minimum Gasteiger partial charge on any atom is -0.507 e. The van der Waals surface area contributed by atoms with Crippen LogP contribution in [0.1, 0.15) is 98.8 Å². The fraction of sp³-hybridized carbons (Fsp3) is 0.488. The minimum atomic E-state index is 0.0141. The summed E-state index contributed by atoms with van der Waals surface area (Å²) >= 11 is 0. The van der Waals surface area contributed by atoms with E-state index in [4.69, 9.17) is 38.6 Å². The van der Waals surface area contributed by atoms with Gasteiger partial charge in [-0.05, 0) is 68.5 Å². The lowest BCUT2D eigenvalue weighted by atomic mass is 10.1. The molecule has 270 valence electrons. The molecule has 9 nitrogen and oxygen atoms in total. The Morgan fingerprint density at radius 3 is 1.10 bits per heavy atom. The molecule has 3 aromatic carbocycles. The highest BCUT2D eigenvalue weighted by atomic mass is 16.5. The van der Waals surface area contributed by atoms with Crippen molar-refractivity contribution in [2.24, 2.45) is 0 Å². The van der Waals surface area contributed by atoms with Gasteiger partial charge >= 0.3 is 0 Å². The van der Waals surface area contributed by atoms with E-state index < -0.39 is 0 Å². The van der Waals surface area contributed by atoms with Crippen LogP contribution in [0.3, 0.4) is 0 Å². The van der Waals surface area contributed by atoms with Gasteiger partial charge in [-0.3, -0.25) is 0 Å². The van der Waals surface area contributed by atoms with Crippen LogP contribution in [-0.2, 0) is 0 Å². The van der Waals surface area contributed by atoms with Crippen LogP contribution in [0, 0.1) is 0 Å². The van der Waals surface area contributed by atoms with E-state index in [0.717, 1.165) is 75.7 Å². The van der Waals surface area contributed by atoms with Crippen molar-refractivity contribution in [3.63, 3.8) is 0 Å². The second kappa shape index (κ2) is 20.9. The largest absolute Gasteiger partial charge is 0.507 e. The molecule has 0 fully saturated rings. The van der Waals surface area contributed by atoms with Crippen LogP contribution < -0.4 is 23.7 Å². The van der Waals surface area contributed by atoms with Gasteiger partial charge in [0, 0.05) is 18.2 Å². The molecule has 4 aromatic rings. The smallest absolute Gasteiger partial charge is 0.167 e. The fourth-order valence-electron chi connectivity index (χ4n) is 4.98. The van der Waals surface area contributed by atoms with Gasteiger partial charge < -0.3 is 28.8 Å². The first-order valence-corrected chi connectivity index (χ1v) is 18.5. The van der Waals surface area contributed by atoms with E-state index in [9.17, 15) is 5.11 Å². The average Bonchev–Trinajstić information content (AvgIpc) is 3.12. The Hall–Kier alpha value is -4.53. The Morgan fingerprint density at radius 2 is 0.740 bits per heavy atom. The van der Waals surface area contributed by atoms with Crippen molar-refractivity contribution < 1.29 is 28.8 Å². The molecule has 0 saturated heterocycles. The zero-order valence-corrected chi connectivity index (χ0v) is 30.6. The van der Waals surface area contributed by atoms with Gasteiger partial charge in [0.25, 0.3) is 0 Å². The van der Waals surface area contributed by atoms with Crippen LogP contribution in [-0.4, -0.2) is 53.1 Å². The first kappa shape index (κ1) is 38.3. The maximum absolute atomic E-state index is 11.2. The van der Waals surface area contributed by atoms with Crippen LogP contribution in [0.4, 0.5) is 0 Å². The zero-order valence-electron chi connectivity index (χ0n) is 30.6. The lowest BCUT2D eigenvalue weighted by molar-refractivity contribution is 0.294. The Balaban J connectivity index is 1.86.